The van der Waals surface area contributed by atoms with E-state index in [2.05, 4.69) is 32.7 Å². The van der Waals surface area contributed by atoms with Crippen LogP contribution in [0.2, 0.25) is 0 Å². The van der Waals surface area contributed by atoms with Crippen LogP contribution in [0.25, 0.3) is 0 Å². The molecular weight excluding hydrogens is 252 g/mol. The number of carbonyl (C=O) groups is 1. The van der Waals surface area contributed by atoms with Crippen LogP contribution in [-0.4, -0.2) is 27.4 Å². The number of hydrogen-bond acceptors (Lipinski definition) is 3. The minimum atomic E-state index is -0.320. The van der Waals surface area contributed by atoms with E-state index in [4.69, 9.17) is 4.42 Å². The van der Waals surface area contributed by atoms with Gasteiger partial charge in [0.15, 0.2) is 11.6 Å². The number of carbonyl (C=O) groups excluding carboxylic acids is 1. The van der Waals surface area contributed by atoms with Gasteiger partial charge in [0.2, 0.25) is 0 Å². The van der Waals surface area contributed by atoms with E-state index >= 15 is 0 Å². The number of rotatable bonds is 2. The fraction of sp³-hybridized carbons (Fsp3) is 0.750. The van der Waals surface area contributed by atoms with Crippen LogP contribution in [0.15, 0.2) is 4.42 Å². The normalized spacial score (nSPS) is 20.7. The molecular formula is C16H26N2O2. The summed E-state index contributed by atoms with van der Waals surface area (Å²) in [7, 11) is 0. The molecule has 4 nitrogen and oxygen atoms in total. The van der Waals surface area contributed by atoms with Crippen LogP contribution in [0.1, 0.15) is 83.4 Å². The van der Waals surface area contributed by atoms with Crippen molar-refractivity contribution in [3.05, 3.63) is 17.3 Å². The third kappa shape index (κ3) is 1.80. The largest absolute Gasteiger partial charge is 0.444 e. The molecule has 0 fully saturated rings. The molecule has 0 aliphatic carbocycles. The van der Waals surface area contributed by atoms with Crippen molar-refractivity contribution < 1.29 is 9.21 Å². The van der Waals surface area contributed by atoms with Gasteiger partial charge in [-0.25, -0.2) is 4.98 Å². The highest BCUT2D eigenvalue weighted by atomic mass is 16.4. The number of oxazole rings is 1. The maximum Gasteiger partial charge on any atom is 0.276 e. The van der Waals surface area contributed by atoms with Crippen LogP contribution >= 0.6 is 0 Å². The van der Waals surface area contributed by atoms with E-state index in [1.807, 2.05) is 32.6 Å². The molecule has 2 heterocycles. The van der Waals surface area contributed by atoms with E-state index in [9.17, 15) is 4.79 Å². The van der Waals surface area contributed by atoms with Crippen molar-refractivity contribution in [1.29, 1.82) is 0 Å². The minimum Gasteiger partial charge on any atom is -0.444 e. The third-order valence-electron chi connectivity index (χ3n) is 4.77. The highest BCUT2D eigenvalue weighted by Crippen LogP contribution is 2.46. The molecule has 1 amide bonds. The fourth-order valence-corrected chi connectivity index (χ4v) is 2.98. The predicted molar refractivity (Wildman–Crippen MR) is 79.0 cm³/mol. The summed E-state index contributed by atoms with van der Waals surface area (Å²) < 4.78 is 5.96. The lowest BCUT2D eigenvalue weighted by Crippen LogP contribution is -2.63. The molecule has 0 saturated heterocycles. The average molecular weight is 278 g/mol. The molecule has 112 valence electrons. The van der Waals surface area contributed by atoms with Gasteiger partial charge in [0.05, 0.1) is 5.54 Å². The molecule has 0 bridgehead atoms. The molecule has 0 radical (unpaired) electrons. The lowest BCUT2D eigenvalue weighted by Gasteiger charge is -2.52. The molecule has 2 rings (SSSR count). The van der Waals surface area contributed by atoms with Crippen molar-refractivity contribution in [1.82, 2.24) is 9.88 Å². The Hall–Kier alpha value is -1.32. The zero-order valence-electron chi connectivity index (χ0n) is 13.9. The van der Waals surface area contributed by atoms with Gasteiger partial charge >= 0.3 is 0 Å². The van der Waals surface area contributed by atoms with E-state index in [0.717, 1.165) is 5.76 Å². The Morgan fingerprint density at radius 1 is 1.10 bits per heavy atom. The summed E-state index contributed by atoms with van der Waals surface area (Å²) >= 11 is 0. The highest BCUT2D eigenvalue weighted by Gasteiger charge is 2.55. The Kier molecular flexibility index (Phi) is 3.27. The first kappa shape index (κ1) is 15.1. The van der Waals surface area contributed by atoms with Crippen molar-refractivity contribution in [2.75, 3.05) is 0 Å². The van der Waals surface area contributed by atoms with Crippen LogP contribution in [-0.2, 0) is 5.41 Å². The standard InChI is InChI=1S/C16H26N2O2/c1-9(2)13-17-11-12(20-13)15(5,6)16(7,8)18(10(3)4)14(11)19/h9-10H,1-8H3. The van der Waals surface area contributed by atoms with Crippen molar-refractivity contribution in [3.8, 4) is 0 Å². The lowest BCUT2D eigenvalue weighted by molar-refractivity contribution is 0.00733. The maximum absolute atomic E-state index is 12.8. The van der Waals surface area contributed by atoms with E-state index in [1.54, 1.807) is 0 Å². The van der Waals surface area contributed by atoms with Gasteiger partial charge in [-0.05, 0) is 27.7 Å². The van der Waals surface area contributed by atoms with Gasteiger partial charge in [0.1, 0.15) is 5.76 Å². The van der Waals surface area contributed by atoms with Crippen molar-refractivity contribution in [2.45, 2.75) is 78.3 Å². The Balaban J connectivity index is 2.69. The van der Waals surface area contributed by atoms with E-state index in [1.165, 1.54) is 0 Å². The zero-order valence-corrected chi connectivity index (χ0v) is 13.9. The molecule has 1 aliphatic rings. The second kappa shape index (κ2) is 4.34. The summed E-state index contributed by atoms with van der Waals surface area (Å²) in [6, 6.07) is 0.129. The second-order valence-electron chi connectivity index (χ2n) is 7.34. The van der Waals surface area contributed by atoms with Crippen LogP contribution in [0.5, 0.6) is 0 Å². The molecule has 0 spiro atoms. The molecule has 0 saturated carbocycles. The molecule has 0 unspecified atom stereocenters. The summed E-state index contributed by atoms with van der Waals surface area (Å²) in [5.74, 6) is 1.54. The van der Waals surface area contributed by atoms with E-state index in [-0.39, 0.29) is 28.8 Å². The number of amides is 1. The molecule has 0 aromatic carbocycles. The first-order valence-corrected chi connectivity index (χ1v) is 7.36. The Bertz CT molecular complexity index is 539. The van der Waals surface area contributed by atoms with E-state index < -0.39 is 0 Å². The molecule has 0 N–H and O–H groups in total. The van der Waals surface area contributed by atoms with Crippen LogP contribution in [0.3, 0.4) is 0 Å². The van der Waals surface area contributed by atoms with Crippen LogP contribution in [0.4, 0.5) is 0 Å². The number of hydrogen-bond donors (Lipinski definition) is 0. The third-order valence-corrected chi connectivity index (χ3v) is 4.77. The first-order chi connectivity index (χ1) is 9.01. The van der Waals surface area contributed by atoms with Gasteiger partial charge in [-0.1, -0.05) is 27.7 Å². The summed E-state index contributed by atoms with van der Waals surface area (Å²) in [6.07, 6.45) is 0. The van der Waals surface area contributed by atoms with Gasteiger partial charge in [-0.3, -0.25) is 4.79 Å². The highest BCUT2D eigenvalue weighted by molar-refractivity contribution is 5.96. The van der Waals surface area contributed by atoms with Crippen LogP contribution < -0.4 is 0 Å². The van der Waals surface area contributed by atoms with Gasteiger partial charge in [-0.15, -0.1) is 0 Å². The molecule has 20 heavy (non-hydrogen) atoms. The lowest BCUT2D eigenvalue weighted by atomic mass is 9.68. The van der Waals surface area contributed by atoms with Gasteiger partial charge in [0, 0.05) is 17.4 Å². The molecule has 1 aliphatic heterocycles. The quantitative estimate of drug-likeness (QED) is 0.828. The van der Waals surface area contributed by atoms with Gasteiger partial charge in [0.25, 0.3) is 5.91 Å². The molecule has 1 aromatic rings. The maximum atomic E-state index is 12.8. The van der Waals surface area contributed by atoms with Crippen molar-refractivity contribution in [3.63, 3.8) is 0 Å². The summed E-state index contributed by atoms with van der Waals surface area (Å²) in [5.41, 5.74) is -0.105. The predicted octanol–water partition coefficient (Wildman–Crippen LogP) is 3.72. The average Bonchev–Trinajstić information content (AvgIpc) is 2.71. The fourth-order valence-electron chi connectivity index (χ4n) is 2.98. The molecule has 1 aromatic heterocycles. The topological polar surface area (TPSA) is 46.3 Å². The molecule has 4 heteroatoms. The summed E-state index contributed by atoms with van der Waals surface area (Å²) in [6.45, 7) is 16.6. The Labute approximate surface area is 121 Å². The SMILES string of the molecule is CC(C)c1nc2c(o1)C(C)(C)C(C)(C)N(C(C)C)C2=O. The first-order valence-electron chi connectivity index (χ1n) is 7.36. The van der Waals surface area contributed by atoms with Gasteiger partial charge < -0.3 is 9.32 Å². The summed E-state index contributed by atoms with van der Waals surface area (Å²) in [5, 5.41) is 0. The smallest absolute Gasteiger partial charge is 0.276 e. The number of aromatic nitrogens is 1. The second-order valence-corrected chi connectivity index (χ2v) is 7.34. The Morgan fingerprint density at radius 3 is 2.10 bits per heavy atom. The summed E-state index contributed by atoms with van der Waals surface area (Å²) in [4.78, 5) is 19.2. The van der Waals surface area contributed by atoms with Crippen LogP contribution in [0, 0.1) is 0 Å². The zero-order chi connectivity index (χ0) is 15.5. The van der Waals surface area contributed by atoms with Crippen molar-refractivity contribution >= 4 is 5.91 Å². The van der Waals surface area contributed by atoms with E-state index in [0.29, 0.717) is 11.6 Å². The molecule has 0 atom stereocenters. The monoisotopic (exact) mass is 278 g/mol. The number of fused-ring (bicyclic) bond motifs is 1. The number of nitrogens with zero attached hydrogens (tertiary/aromatic N) is 2. The minimum absolute atomic E-state index is 0.0185. The Morgan fingerprint density at radius 2 is 1.65 bits per heavy atom. The van der Waals surface area contributed by atoms with Crippen molar-refractivity contribution in [2.24, 2.45) is 0 Å². The van der Waals surface area contributed by atoms with Gasteiger partial charge in [-0.2, -0.15) is 0 Å².